The molecule has 3 rings (SSSR count). The molecule has 0 atom stereocenters. The van der Waals surface area contributed by atoms with Gasteiger partial charge in [-0.3, -0.25) is 4.79 Å². The minimum absolute atomic E-state index is 0.109. The van der Waals surface area contributed by atoms with E-state index < -0.39 is 0 Å². The molecule has 20 heavy (non-hydrogen) atoms. The van der Waals surface area contributed by atoms with Crippen molar-refractivity contribution in [1.29, 1.82) is 0 Å². The van der Waals surface area contributed by atoms with Gasteiger partial charge in [0.2, 0.25) is 0 Å². The van der Waals surface area contributed by atoms with E-state index in [1.165, 1.54) is 5.56 Å². The Morgan fingerprint density at radius 1 is 1.05 bits per heavy atom. The van der Waals surface area contributed by atoms with Crippen LogP contribution in [-0.4, -0.2) is 12.5 Å². The van der Waals surface area contributed by atoms with Crippen molar-refractivity contribution in [3.8, 4) is 0 Å². The fourth-order valence-electron chi connectivity index (χ4n) is 2.68. The largest absolute Gasteiger partial charge is 0.308 e. The van der Waals surface area contributed by atoms with Gasteiger partial charge in [-0.05, 0) is 71.7 Å². The molecule has 1 aliphatic rings. The monoisotopic (exact) mass is 377 g/mol. The van der Waals surface area contributed by atoms with E-state index in [0.29, 0.717) is 0 Å². The number of carbonyl (C=O) groups excluding carboxylic acids is 1. The van der Waals surface area contributed by atoms with Gasteiger partial charge in [0.25, 0.3) is 5.91 Å². The van der Waals surface area contributed by atoms with E-state index in [1.807, 2.05) is 35.2 Å². The number of nitrogens with zero attached hydrogens (tertiary/aromatic N) is 1. The van der Waals surface area contributed by atoms with E-state index >= 15 is 0 Å². The van der Waals surface area contributed by atoms with E-state index in [2.05, 4.69) is 40.8 Å². The molecule has 0 fully saturated rings. The zero-order valence-corrected chi connectivity index (χ0v) is 13.3. The summed E-state index contributed by atoms with van der Waals surface area (Å²) in [6.07, 6.45) is 3.27. The fraction of sp³-hybridized carbons (Fsp3) is 0.235. The highest BCUT2D eigenvalue weighted by molar-refractivity contribution is 14.1. The Hall–Kier alpha value is -1.36. The number of carbonyl (C=O) groups is 1. The van der Waals surface area contributed by atoms with Crippen molar-refractivity contribution in [2.45, 2.75) is 19.3 Å². The van der Waals surface area contributed by atoms with E-state index in [0.717, 1.165) is 40.6 Å². The molecule has 1 aliphatic heterocycles. The van der Waals surface area contributed by atoms with Gasteiger partial charge in [0.15, 0.2) is 0 Å². The number of rotatable bonds is 1. The van der Waals surface area contributed by atoms with Crippen molar-refractivity contribution in [3.63, 3.8) is 0 Å². The number of anilines is 1. The second-order valence-corrected chi connectivity index (χ2v) is 6.30. The maximum absolute atomic E-state index is 12.8. The lowest BCUT2D eigenvalue weighted by Gasteiger charge is -2.23. The third-order valence-electron chi connectivity index (χ3n) is 3.68. The molecule has 2 aromatic rings. The van der Waals surface area contributed by atoms with Crippen LogP contribution >= 0.6 is 22.6 Å². The first-order valence-electron chi connectivity index (χ1n) is 6.91. The molecule has 0 unspecified atom stereocenters. The van der Waals surface area contributed by atoms with Crippen LogP contribution in [-0.2, 0) is 6.42 Å². The number of aryl methyl sites for hydroxylation is 1. The van der Waals surface area contributed by atoms with Crippen LogP contribution in [0.25, 0.3) is 0 Å². The number of para-hydroxylation sites is 1. The van der Waals surface area contributed by atoms with Crippen LogP contribution in [0.5, 0.6) is 0 Å². The standard InChI is InChI=1S/C17H16INO/c18-15-9-5-8-14(12-15)17(20)19-11-4-3-7-13-6-1-2-10-16(13)19/h1-2,5-6,8-10,12H,3-4,7,11H2. The molecule has 0 N–H and O–H groups in total. The quantitative estimate of drug-likeness (QED) is 0.680. The summed E-state index contributed by atoms with van der Waals surface area (Å²) in [5, 5.41) is 0. The average Bonchev–Trinajstić information content (AvgIpc) is 2.69. The summed E-state index contributed by atoms with van der Waals surface area (Å²) >= 11 is 2.25. The minimum atomic E-state index is 0.109. The average molecular weight is 377 g/mol. The number of amides is 1. The van der Waals surface area contributed by atoms with Crippen LogP contribution in [0.3, 0.4) is 0 Å². The van der Waals surface area contributed by atoms with Crippen molar-refractivity contribution in [3.05, 3.63) is 63.2 Å². The van der Waals surface area contributed by atoms with E-state index in [4.69, 9.17) is 0 Å². The highest BCUT2D eigenvalue weighted by Gasteiger charge is 2.21. The Labute approximate surface area is 132 Å². The van der Waals surface area contributed by atoms with Crippen LogP contribution in [0.4, 0.5) is 5.69 Å². The van der Waals surface area contributed by atoms with Gasteiger partial charge in [-0.15, -0.1) is 0 Å². The summed E-state index contributed by atoms with van der Waals surface area (Å²) in [4.78, 5) is 14.7. The van der Waals surface area contributed by atoms with Crippen molar-refractivity contribution < 1.29 is 4.79 Å². The second kappa shape index (κ2) is 5.95. The first-order chi connectivity index (χ1) is 9.75. The third-order valence-corrected chi connectivity index (χ3v) is 4.35. The number of hydrogen-bond donors (Lipinski definition) is 0. The van der Waals surface area contributed by atoms with Crippen LogP contribution < -0.4 is 4.90 Å². The van der Waals surface area contributed by atoms with Gasteiger partial charge in [0, 0.05) is 21.4 Å². The second-order valence-electron chi connectivity index (χ2n) is 5.05. The molecule has 1 heterocycles. The topological polar surface area (TPSA) is 20.3 Å². The molecule has 3 heteroatoms. The van der Waals surface area contributed by atoms with Crippen molar-refractivity contribution >= 4 is 34.2 Å². The summed E-state index contributed by atoms with van der Waals surface area (Å²) in [6, 6.07) is 16.1. The van der Waals surface area contributed by atoms with Gasteiger partial charge >= 0.3 is 0 Å². The van der Waals surface area contributed by atoms with Gasteiger partial charge < -0.3 is 4.90 Å². The molecule has 0 aliphatic carbocycles. The molecule has 0 saturated heterocycles. The van der Waals surface area contributed by atoms with Crippen LogP contribution in [0.15, 0.2) is 48.5 Å². The summed E-state index contributed by atoms with van der Waals surface area (Å²) in [5.74, 6) is 0.109. The van der Waals surface area contributed by atoms with Crippen LogP contribution in [0.1, 0.15) is 28.8 Å². The molecule has 0 aromatic heterocycles. The summed E-state index contributed by atoms with van der Waals surface area (Å²) in [7, 11) is 0. The Kier molecular flexibility index (Phi) is 4.05. The molecule has 2 nitrogen and oxygen atoms in total. The Morgan fingerprint density at radius 3 is 2.75 bits per heavy atom. The lowest BCUT2D eigenvalue weighted by atomic mass is 10.1. The Bertz CT molecular complexity index is 638. The Morgan fingerprint density at radius 2 is 1.90 bits per heavy atom. The SMILES string of the molecule is O=C(c1cccc(I)c1)N1CCCCc2ccccc21. The zero-order valence-electron chi connectivity index (χ0n) is 11.2. The lowest BCUT2D eigenvalue weighted by Crippen LogP contribution is -2.31. The predicted octanol–water partition coefficient (Wildman–Crippen LogP) is 4.27. The minimum Gasteiger partial charge on any atom is -0.308 e. The highest BCUT2D eigenvalue weighted by Crippen LogP contribution is 2.27. The first kappa shape index (κ1) is 13.6. The molecule has 0 saturated carbocycles. The summed E-state index contributed by atoms with van der Waals surface area (Å²) < 4.78 is 1.09. The normalized spacial score (nSPS) is 14.6. The molecule has 0 bridgehead atoms. The van der Waals surface area contributed by atoms with Crippen molar-refractivity contribution in [1.82, 2.24) is 0 Å². The summed E-state index contributed by atoms with van der Waals surface area (Å²) in [6.45, 7) is 0.807. The van der Waals surface area contributed by atoms with E-state index in [-0.39, 0.29) is 5.91 Å². The zero-order chi connectivity index (χ0) is 13.9. The lowest BCUT2D eigenvalue weighted by molar-refractivity contribution is 0.0987. The third kappa shape index (κ3) is 2.73. The number of benzene rings is 2. The molecule has 102 valence electrons. The Balaban J connectivity index is 1.99. The fourth-order valence-corrected chi connectivity index (χ4v) is 3.22. The van der Waals surface area contributed by atoms with E-state index in [1.54, 1.807) is 0 Å². The smallest absolute Gasteiger partial charge is 0.258 e. The molecular weight excluding hydrogens is 361 g/mol. The van der Waals surface area contributed by atoms with Gasteiger partial charge in [0.1, 0.15) is 0 Å². The molecule has 2 aromatic carbocycles. The molecule has 0 spiro atoms. The van der Waals surface area contributed by atoms with Crippen LogP contribution in [0, 0.1) is 3.57 Å². The molecular formula is C17H16INO. The van der Waals surface area contributed by atoms with Gasteiger partial charge in [-0.2, -0.15) is 0 Å². The van der Waals surface area contributed by atoms with Gasteiger partial charge in [-0.25, -0.2) is 0 Å². The highest BCUT2D eigenvalue weighted by atomic mass is 127. The maximum atomic E-state index is 12.8. The van der Waals surface area contributed by atoms with E-state index in [9.17, 15) is 4.79 Å². The number of halogens is 1. The molecule has 1 amide bonds. The molecule has 0 radical (unpaired) electrons. The number of fused-ring (bicyclic) bond motifs is 1. The van der Waals surface area contributed by atoms with Crippen LogP contribution in [0.2, 0.25) is 0 Å². The van der Waals surface area contributed by atoms with Crippen molar-refractivity contribution in [2.75, 3.05) is 11.4 Å². The predicted molar refractivity (Wildman–Crippen MR) is 90.2 cm³/mol. The van der Waals surface area contributed by atoms with Crippen molar-refractivity contribution in [2.24, 2.45) is 0 Å². The summed E-state index contributed by atoms with van der Waals surface area (Å²) in [5.41, 5.74) is 3.13. The maximum Gasteiger partial charge on any atom is 0.258 e. The van der Waals surface area contributed by atoms with Gasteiger partial charge in [-0.1, -0.05) is 24.3 Å². The number of hydrogen-bond acceptors (Lipinski definition) is 1. The first-order valence-corrected chi connectivity index (χ1v) is 7.99. The van der Waals surface area contributed by atoms with Gasteiger partial charge in [0.05, 0.1) is 0 Å².